The molecule has 3 nitrogen and oxygen atoms in total. The number of nitrogens with one attached hydrogen (secondary N) is 1. The van der Waals surface area contributed by atoms with Crippen molar-refractivity contribution in [2.24, 2.45) is 17.8 Å². The molecule has 110 valence electrons. The Morgan fingerprint density at radius 1 is 1.21 bits per heavy atom. The van der Waals surface area contributed by atoms with Crippen LogP contribution >= 0.6 is 0 Å². The van der Waals surface area contributed by atoms with Crippen LogP contribution in [0.3, 0.4) is 0 Å². The minimum absolute atomic E-state index is 0.0450. The van der Waals surface area contributed by atoms with Crippen molar-refractivity contribution in [3.05, 3.63) is 18.4 Å². The lowest BCUT2D eigenvalue weighted by atomic mass is 9.94. The van der Waals surface area contributed by atoms with Crippen molar-refractivity contribution >= 4 is 5.91 Å². The standard InChI is InChI=1S/C16H29NO2/c1-7-8-14(9-11(2)3)16(19)17-15(13(6)18)10-12(4)5/h8,11-15,18H,1,9-10H2,2-6H3,(H,17,19). The van der Waals surface area contributed by atoms with Crippen LogP contribution in [0.25, 0.3) is 0 Å². The van der Waals surface area contributed by atoms with Gasteiger partial charge in [0.25, 0.3) is 0 Å². The first kappa shape index (κ1) is 17.9. The van der Waals surface area contributed by atoms with Crippen LogP contribution in [-0.4, -0.2) is 23.2 Å². The average molecular weight is 267 g/mol. The lowest BCUT2D eigenvalue weighted by molar-refractivity contribution is -0.125. The summed E-state index contributed by atoms with van der Waals surface area (Å²) in [5.41, 5.74) is 2.70. The summed E-state index contributed by atoms with van der Waals surface area (Å²) in [5.74, 6) is 0.594. The molecule has 0 radical (unpaired) electrons. The van der Waals surface area contributed by atoms with Gasteiger partial charge >= 0.3 is 0 Å². The summed E-state index contributed by atoms with van der Waals surface area (Å²) >= 11 is 0. The van der Waals surface area contributed by atoms with E-state index in [9.17, 15) is 9.90 Å². The number of aliphatic hydroxyl groups is 1. The summed E-state index contributed by atoms with van der Waals surface area (Å²) in [7, 11) is 0. The Balaban J connectivity index is 4.70. The maximum atomic E-state index is 12.2. The lowest BCUT2D eigenvalue weighted by Gasteiger charge is -2.25. The molecule has 0 spiro atoms. The van der Waals surface area contributed by atoms with Gasteiger partial charge < -0.3 is 10.4 Å². The predicted octanol–water partition coefficient (Wildman–Crippen LogP) is 2.90. The summed E-state index contributed by atoms with van der Waals surface area (Å²) in [5, 5.41) is 12.7. The molecule has 0 bridgehead atoms. The Morgan fingerprint density at radius 3 is 2.11 bits per heavy atom. The first-order valence-corrected chi connectivity index (χ1v) is 7.12. The van der Waals surface area contributed by atoms with Gasteiger partial charge in [-0.2, -0.15) is 0 Å². The minimum Gasteiger partial charge on any atom is -0.391 e. The van der Waals surface area contributed by atoms with Gasteiger partial charge in [0.1, 0.15) is 0 Å². The van der Waals surface area contributed by atoms with E-state index in [4.69, 9.17) is 0 Å². The molecule has 3 heteroatoms. The third-order valence-electron chi connectivity index (χ3n) is 3.02. The molecule has 19 heavy (non-hydrogen) atoms. The van der Waals surface area contributed by atoms with Gasteiger partial charge in [-0.1, -0.05) is 34.3 Å². The number of amides is 1. The van der Waals surface area contributed by atoms with Crippen LogP contribution < -0.4 is 5.32 Å². The van der Waals surface area contributed by atoms with E-state index in [-0.39, 0.29) is 17.9 Å². The van der Waals surface area contributed by atoms with Crippen molar-refractivity contribution in [2.75, 3.05) is 0 Å². The molecule has 0 aromatic heterocycles. The summed E-state index contributed by atoms with van der Waals surface area (Å²) in [6.45, 7) is 13.6. The highest BCUT2D eigenvalue weighted by Gasteiger charge is 2.23. The molecule has 0 heterocycles. The number of rotatable bonds is 8. The van der Waals surface area contributed by atoms with Gasteiger partial charge in [0.05, 0.1) is 18.1 Å². The third kappa shape index (κ3) is 7.86. The number of hydrogen-bond acceptors (Lipinski definition) is 2. The molecule has 0 rings (SSSR count). The second-order valence-electron chi connectivity index (χ2n) is 6.09. The fraction of sp³-hybridized carbons (Fsp3) is 0.750. The highest BCUT2D eigenvalue weighted by molar-refractivity contribution is 5.80. The summed E-state index contributed by atoms with van der Waals surface area (Å²) in [6, 6.07) is -0.194. The Hall–Kier alpha value is -1.05. The minimum atomic E-state index is -0.543. The van der Waals surface area contributed by atoms with Gasteiger partial charge in [-0.15, -0.1) is 5.73 Å². The molecule has 3 atom stereocenters. The number of carbonyl (C=O) groups is 1. The average Bonchev–Trinajstić information content (AvgIpc) is 2.26. The van der Waals surface area contributed by atoms with Crippen molar-refractivity contribution in [3.63, 3.8) is 0 Å². The van der Waals surface area contributed by atoms with E-state index in [0.29, 0.717) is 11.8 Å². The van der Waals surface area contributed by atoms with E-state index in [1.54, 1.807) is 13.0 Å². The molecule has 0 aliphatic rings. The number of hydrogen-bond donors (Lipinski definition) is 2. The molecule has 1 amide bonds. The van der Waals surface area contributed by atoms with Gasteiger partial charge in [0.15, 0.2) is 0 Å². The first-order chi connectivity index (χ1) is 8.77. The van der Waals surface area contributed by atoms with Gasteiger partial charge in [0, 0.05) is 0 Å². The Labute approximate surface area is 117 Å². The monoisotopic (exact) mass is 267 g/mol. The van der Waals surface area contributed by atoms with Crippen LogP contribution in [0.1, 0.15) is 47.5 Å². The zero-order chi connectivity index (χ0) is 15.0. The fourth-order valence-electron chi connectivity index (χ4n) is 2.07. The molecule has 2 N–H and O–H groups in total. The lowest BCUT2D eigenvalue weighted by Crippen LogP contribution is -2.45. The molecule has 0 aliphatic carbocycles. The molecule has 0 saturated heterocycles. The predicted molar refractivity (Wildman–Crippen MR) is 79.7 cm³/mol. The van der Waals surface area contributed by atoms with Crippen molar-refractivity contribution < 1.29 is 9.90 Å². The zero-order valence-corrected chi connectivity index (χ0v) is 12.9. The molecule has 0 saturated carbocycles. The summed E-state index contributed by atoms with van der Waals surface area (Å²) in [6.07, 6.45) is 2.71. The van der Waals surface area contributed by atoms with E-state index in [1.165, 1.54) is 0 Å². The van der Waals surface area contributed by atoms with Crippen molar-refractivity contribution in [2.45, 2.75) is 59.6 Å². The maximum Gasteiger partial charge on any atom is 0.227 e. The zero-order valence-electron chi connectivity index (χ0n) is 12.9. The van der Waals surface area contributed by atoms with Crippen LogP contribution in [0, 0.1) is 17.8 Å². The SMILES string of the molecule is C=C=CC(CC(C)C)C(=O)NC(CC(C)C)C(C)O. The highest BCUT2D eigenvalue weighted by Crippen LogP contribution is 2.15. The fourth-order valence-corrected chi connectivity index (χ4v) is 2.07. The molecule has 0 fully saturated rings. The second-order valence-corrected chi connectivity index (χ2v) is 6.09. The van der Waals surface area contributed by atoms with Crippen LogP contribution in [0.2, 0.25) is 0 Å². The van der Waals surface area contributed by atoms with Crippen molar-refractivity contribution in [3.8, 4) is 0 Å². The quantitative estimate of drug-likeness (QED) is 0.664. The Morgan fingerprint density at radius 2 is 1.74 bits per heavy atom. The second kappa shape index (κ2) is 8.95. The topological polar surface area (TPSA) is 49.3 Å². The van der Waals surface area contributed by atoms with Gasteiger partial charge in [0.2, 0.25) is 5.91 Å². The van der Waals surface area contributed by atoms with Crippen molar-refractivity contribution in [1.29, 1.82) is 0 Å². The van der Waals surface area contributed by atoms with E-state index in [0.717, 1.165) is 12.8 Å². The van der Waals surface area contributed by atoms with Crippen LogP contribution in [0.15, 0.2) is 18.4 Å². The Bertz CT molecular complexity index is 315. The van der Waals surface area contributed by atoms with Crippen LogP contribution in [0.4, 0.5) is 0 Å². The smallest absolute Gasteiger partial charge is 0.227 e. The van der Waals surface area contributed by atoms with Crippen LogP contribution in [-0.2, 0) is 4.79 Å². The molecule has 0 aromatic carbocycles. The largest absolute Gasteiger partial charge is 0.391 e. The molecule has 0 aromatic rings. The van der Waals surface area contributed by atoms with E-state index in [2.05, 4.69) is 45.3 Å². The molecule has 0 aliphatic heterocycles. The third-order valence-corrected chi connectivity index (χ3v) is 3.02. The summed E-state index contributed by atoms with van der Waals surface area (Å²) in [4.78, 5) is 12.2. The van der Waals surface area contributed by atoms with E-state index in [1.807, 2.05) is 0 Å². The number of carbonyl (C=O) groups excluding carboxylic acids is 1. The van der Waals surface area contributed by atoms with Crippen molar-refractivity contribution in [1.82, 2.24) is 5.32 Å². The normalized spacial score (nSPS) is 15.8. The number of aliphatic hydroxyl groups excluding tert-OH is 1. The first-order valence-electron chi connectivity index (χ1n) is 7.12. The summed E-state index contributed by atoms with van der Waals surface area (Å²) < 4.78 is 0. The highest BCUT2D eigenvalue weighted by atomic mass is 16.3. The van der Waals surface area contributed by atoms with Crippen LogP contribution in [0.5, 0.6) is 0 Å². The maximum absolute atomic E-state index is 12.2. The molecular weight excluding hydrogens is 238 g/mol. The van der Waals surface area contributed by atoms with E-state index < -0.39 is 6.10 Å². The van der Waals surface area contributed by atoms with Gasteiger partial charge in [-0.25, -0.2) is 0 Å². The Kier molecular flexibility index (Phi) is 8.46. The molecule has 3 unspecified atom stereocenters. The van der Waals surface area contributed by atoms with E-state index >= 15 is 0 Å². The van der Waals surface area contributed by atoms with Gasteiger partial charge in [-0.05, 0) is 37.7 Å². The van der Waals surface area contributed by atoms with Gasteiger partial charge in [-0.3, -0.25) is 4.79 Å². The molecular formula is C16H29NO2.